The Kier molecular flexibility index (Phi) is 2.43. The lowest BCUT2D eigenvalue weighted by molar-refractivity contribution is 0.595. The van der Waals surface area contributed by atoms with Crippen LogP contribution in [0, 0.1) is 0 Å². The van der Waals surface area contributed by atoms with Gasteiger partial charge in [-0.1, -0.05) is 38.4 Å². The van der Waals surface area contributed by atoms with Crippen LogP contribution in [-0.2, 0) is 5.41 Å². The first-order valence-corrected chi connectivity index (χ1v) is 5.41. The Hall–Kier alpha value is -1.08. The Morgan fingerprint density at radius 3 is 2.53 bits per heavy atom. The maximum atomic E-state index is 5.95. The summed E-state index contributed by atoms with van der Waals surface area (Å²) in [6, 6.07) is 7.95. The molecule has 0 radical (unpaired) electrons. The minimum atomic E-state index is 0.134. The summed E-state index contributed by atoms with van der Waals surface area (Å²) >= 11 is 5.95. The third-order valence-electron chi connectivity index (χ3n) is 2.51. The number of fused-ring (bicyclic) bond motifs is 1. The van der Waals surface area contributed by atoms with Gasteiger partial charge >= 0.3 is 0 Å². The molecule has 0 unspecified atom stereocenters. The fourth-order valence-corrected chi connectivity index (χ4v) is 1.94. The Morgan fingerprint density at radius 2 is 1.87 bits per heavy atom. The zero-order valence-electron chi connectivity index (χ0n) is 9.21. The zero-order valence-corrected chi connectivity index (χ0v) is 9.97. The molecule has 1 aromatic carbocycles. The number of pyridine rings is 1. The molecule has 0 aliphatic heterocycles. The second-order valence-electron chi connectivity index (χ2n) is 4.77. The van der Waals surface area contributed by atoms with Gasteiger partial charge in [-0.3, -0.25) is 4.98 Å². The molecule has 78 valence electrons. The summed E-state index contributed by atoms with van der Waals surface area (Å²) < 4.78 is 0. The Morgan fingerprint density at radius 1 is 1.13 bits per heavy atom. The molecule has 1 nitrogen and oxygen atoms in total. The molecular formula is C13H14ClN. The quantitative estimate of drug-likeness (QED) is 0.648. The van der Waals surface area contributed by atoms with Crippen LogP contribution in [-0.4, -0.2) is 4.98 Å². The topological polar surface area (TPSA) is 12.9 Å². The van der Waals surface area contributed by atoms with E-state index in [4.69, 9.17) is 11.6 Å². The smallest absolute Gasteiger partial charge is 0.0719 e. The first-order chi connectivity index (χ1) is 6.98. The van der Waals surface area contributed by atoms with Crippen molar-refractivity contribution in [3.63, 3.8) is 0 Å². The van der Waals surface area contributed by atoms with Gasteiger partial charge in [-0.15, -0.1) is 0 Å². The normalized spacial score (nSPS) is 12.0. The first kappa shape index (κ1) is 10.4. The molecule has 2 heteroatoms. The van der Waals surface area contributed by atoms with E-state index in [-0.39, 0.29) is 5.41 Å². The van der Waals surface area contributed by atoms with Crippen LogP contribution in [0.2, 0.25) is 5.02 Å². The molecule has 0 bridgehead atoms. The van der Waals surface area contributed by atoms with E-state index in [2.05, 4.69) is 31.8 Å². The van der Waals surface area contributed by atoms with Crippen LogP contribution in [0.1, 0.15) is 26.3 Å². The lowest BCUT2D eigenvalue weighted by Gasteiger charge is -2.20. The van der Waals surface area contributed by atoms with Crippen LogP contribution in [0.15, 0.2) is 30.5 Å². The highest BCUT2D eigenvalue weighted by molar-refractivity contribution is 6.31. The van der Waals surface area contributed by atoms with Gasteiger partial charge < -0.3 is 0 Å². The van der Waals surface area contributed by atoms with Crippen LogP contribution >= 0.6 is 11.6 Å². The average molecular weight is 220 g/mol. The van der Waals surface area contributed by atoms with Gasteiger partial charge in [0.25, 0.3) is 0 Å². The highest BCUT2D eigenvalue weighted by Gasteiger charge is 2.16. The van der Waals surface area contributed by atoms with Gasteiger partial charge in [0.2, 0.25) is 0 Å². The Balaban J connectivity index is 2.77. The van der Waals surface area contributed by atoms with Crippen molar-refractivity contribution >= 4 is 22.5 Å². The summed E-state index contributed by atoms with van der Waals surface area (Å²) in [5.41, 5.74) is 2.41. The summed E-state index contributed by atoms with van der Waals surface area (Å²) in [5, 5.41) is 1.93. The summed E-state index contributed by atoms with van der Waals surface area (Å²) in [6.07, 6.45) is 1.85. The van der Waals surface area contributed by atoms with Gasteiger partial charge in [-0.2, -0.15) is 0 Å². The van der Waals surface area contributed by atoms with Crippen molar-refractivity contribution in [1.29, 1.82) is 0 Å². The van der Waals surface area contributed by atoms with Crippen molar-refractivity contribution in [3.05, 3.63) is 41.0 Å². The number of hydrogen-bond acceptors (Lipinski definition) is 1. The van der Waals surface area contributed by atoms with Crippen LogP contribution in [0.25, 0.3) is 10.9 Å². The number of aromatic nitrogens is 1. The summed E-state index contributed by atoms with van der Waals surface area (Å²) in [5.74, 6) is 0. The summed E-state index contributed by atoms with van der Waals surface area (Å²) in [6.45, 7) is 6.61. The maximum Gasteiger partial charge on any atom is 0.0719 e. The summed E-state index contributed by atoms with van der Waals surface area (Å²) in [7, 11) is 0. The molecule has 1 aromatic heterocycles. The fourth-order valence-electron chi connectivity index (χ4n) is 1.78. The lowest BCUT2D eigenvalue weighted by Crippen LogP contribution is -2.11. The van der Waals surface area contributed by atoms with Crippen molar-refractivity contribution < 1.29 is 0 Å². The van der Waals surface area contributed by atoms with Crippen molar-refractivity contribution in [2.24, 2.45) is 0 Å². The highest BCUT2D eigenvalue weighted by Crippen LogP contribution is 2.29. The third-order valence-corrected chi connectivity index (χ3v) is 2.75. The van der Waals surface area contributed by atoms with Crippen molar-refractivity contribution in [2.75, 3.05) is 0 Å². The minimum absolute atomic E-state index is 0.134. The van der Waals surface area contributed by atoms with E-state index in [1.807, 2.05) is 24.4 Å². The first-order valence-electron chi connectivity index (χ1n) is 5.03. The second-order valence-corrected chi connectivity index (χ2v) is 5.21. The van der Waals surface area contributed by atoms with Crippen LogP contribution < -0.4 is 0 Å². The standard InChI is InChI=1S/C13H14ClN/c1-13(2,3)11-6-7-15-12-8-9(14)4-5-10(11)12/h4-8H,1-3H3. The number of rotatable bonds is 0. The van der Waals surface area contributed by atoms with Gasteiger partial charge in [-0.25, -0.2) is 0 Å². The van der Waals surface area contributed by atoms with E-state index in [1.54, 1.807) is 0 Å². The van der Waals surface area contributed by atoms with Crippen LogP contribution in [0.5, 0.6) is 0 Å². The third kappa shape index (κ3) is 1.98. The fraction of sp³-hybridized carbons (Fsp3) is 0.308. The Bertz CT molecular complexity index is 497. The number of halogens is 1. The molecule has 0 aliphatic rings. The molecule has 15 heavy (non-hydrogen) atoms. The van der Waals surface area contributed by atoms with E-state index in [9.17, 15) is 0 Å². The van der Waals surface area contributed by atoms with Gasteiger partial charge in [0.1, 0.15) is 0 Å². The lowest BCUT2D eigenvalue weighted by atomic mass is 9.85. The number of benzene rings is 1. The SMILES string of the molecule is CC(C)(C)c1ccnc2cc(Cl)ccc12. The molecule has 0 atom stereocenters. The summed E-state index contributed by atoms with van der Waals surface area (Å²) in [4.78, 5) is 4.33. The molecule has 1 heterocycles. The molecule has 0 N–H and O–H groups in total. The molecule has 0 fully saturated rings. The zero-order chi connectivity index (χ0) is 11.1. The molecule has 0 amide bonds. The van der Waals surface area contributed by atoms with Crippen LogP contribution in [0.3, 0.4) is 0 Å². The molecule has 2 rings (SSSR count). The molecule has 0 saturated heterocycles. The van der Waals surface area contributed by atoms with E-state index in [1.165, 1.54) is 10.9 Å². The van der Waals surface area contributed by atoms with Crippen molar-refractivity contribution in [2.45, 2.75) is 26.2 Å². The number of nitrogens with zero attached hydrogens (tertiary/aromatic N) is 1. The van der Waals surface area contributed by atoms with E-state index in [0.29, 0.717) is 0 Å². The molecule has 0 aliphatic carbocycles. The van der Waals surface area contributed by atoms with Crippen molar-refractivity contribution in [1.82, 2.24) is 4.98 Å². The van der Waals surface area contributed by atoms with Crippen molar-refractivity contribution in [3.8, 4) is 0 Å². The van der Waals surface area contributed by atoms with E-state index in [0.717, 1.165) is 10.5 Å². The predicted molar refractivity (Wildman–Crippen MR) is 65.5 cm³/mol. The maximum absolute atomic E-state index is 5.95. The minimum Gasteiger partial charge on any atom is -0.256 e. The molecular weight excluding hydrogens is 206 g/mol. The van der Waals surface area contributed by atoms with Gasteiger partial charge in [0.05, 0.1) is 5.52 Å². The van der Waals surface area contributed by atoms with Crippen LogP contribution in [0.4, 0.5) is 0 Å². The largest absolute Gasteiger partial charge is 0.256 e. The highest BCUT2D eigenvalue weighted by atomic mass is 35.5. The van der Waals surface area contributed by atoms with Gasteiger partial charge in [0, 0.05) is 16.6 Å². The average Bonchev–Trinajstić information content (AvgIpc) is 2.15. The predicted octanol–water partition coefficient (Wildman–Crippen LogP) is 4.19. The second kappa shape index (κ2) is 3.49. The Labute approximate surface area is 95.1 Å². The molecule has 0 spiro atoms. The van der Waals surface area contributed by atoms with Gasteiger partial charge in [-0.05, 0) is 29.2 Å². The monoisotopic (exact) mass is 219 g/mol. The molecule has 0 saturated carbocycles. The molecule has 2 aromatic rings. The van der Waals surface area contributed by atoms with E-state index >= 15 is 0 Å². The van der Waals surface area contributed by atoms with Gasteiger partial charge in [0.15, 0.2) is 0 Å². The number of hydrogen-bond donors (Lipinski definition) is 0. The van der Waals surface area contributed by atoms with E-state index < -0.39 is 0 Å².